The van der Waals surface area contributed by atoms with Crippen LogP contribution in [0.25, 0.3) is 0 Å². The molecule has 0 aromatic carbocycles. The second-order valence-corrected chi connectivity index (χ2v) is 4.67. The van der Waals surface area contributed by atoms with E-state index in [4.69, 9.17) is 14.5 Å². The van der Waals surface area contributed by atoms with Gasteiger partial charge in [-0.05, 0) is 34.1 Å². The Bertz CT molecular complexity index is 196. The number of hydrogen-bond acceptors (Lipinski definition) is 4. The molecular weight excluding hydrogens is 208 g/mol. The number of ether oxygens (including phenoxy) is 1. The largest absolute Gasteiger partial charge is 0.464 e. The van der Waals surface area contributed by atoms with Crippen molar-refractivity contribution < 1.29 is 19.3 Å². The van der Waals surface area contributed by atoms with E-state index >= 15 is 0 Å². The van der Waals surface area contributed by atoms with Crippen molar-refractivity contribution in [2.24, 2.45) is 0 Å². The van der Waals surface area contributed by atoms with Gasteiger partial charge in [0.25, 0.3) is 0 Å². The van der Waals surface area contributed by atoms with Gasteiger partial charge in [-0.3, -0.25) is 0 Å². The summed E-state index contributed by atoms with van der Waals surface area (Å²) < 4.78 is 4.92. The van der Waals surface area contributed by atoms with Gasteiger partial charge in [-0.15, -0.1) is 0 Å². The molecule has 4 nitrogen and oxygen atoms in total. The molecule has 0 amide bonds. The number of esters is 1. The highest BCUT2D eigenvalue weighted by atomic mass is 17.2. The molecule has 0 saturated heterocycles. The summed E-state index contributed by atoms with van der Waals surface area (Å²) in [4.78, 5) is 21.8. The molecule has 0 aliphatic carbocycles. The first kappa shape index (κ1) is 15.4. The van der Waals surface area contributed by atoms with E-state index in [9.17, 15) is 4.79 Å². The lowest BCUT2D eigenvalue weighted by atomic mass is 10.1. The van der Waals surface area contributed by atoms with Crippen molar-refractivity contribution in [2.75, 3.05) is 6.61 Å². The molecule has 0 rings (SSSR count). The Morgan fingerprint density at radius 1 is 1.25 bits per heavy atom. The molecule has 1 atom stereocenters. The van der Waals surface area contributed by atoms with E-state index in [-0.39, 0.29) is 5.97 Å². The van der Waals surface area contributed by atoms with Crippen LogP contribution in [0.2, 0.25) is 0 Å². The maximum Gasteiger partial charge on any atom is 0.338 e. The first-order valence-electron chi connectivity index (χ1n) is 5.91. The van der Waals surface area contributed by atoms with Gasteiger partial charge in [-0.2, -0.15) is 0 Å². The standard InChI is InChI=1S/C12H24O4/c1-6-8-9-10(11(13)14-7-2)15-16-12(3,4)5/h10H,6-9H2,1-5H3. The van der Waals surface area contributed by atoms with Gasteiger partial charge in [-0.1, -0.05) is 19.8 Å². The van der Waals surface area contributed by atoms with Crippen molar-refractivity contribution in [1.29, 1.82) is 0 Å². The quantitative estimate of drug-likeness (QED) is 0.384. The minimum Gasteiger partial charge on any atom is -0.464 e. The fourth-order valence-corrected chi connectivity index (χ4v) is 1.03. The second kappa shape index (κ2) is 7.63. The van der Waals surface area contributed by atoms with Crippen LogP contribution in [0.15, 0.2) is 0 Å². The highest BCUT2D eigenvalue weighted by Gasteiger charge is 2.24. The average molecular weight is 232 g/mol. The van der Waals surface area contributed by atoms with Gasteiger partial charge in [0.05, 0.1) is 12.2 Å². The summed E-state index contributed by atoms with van der Waals surface area (Å²) in [7, 11) is 0. The van der Waals surface area contributed by atoms with Gasteiger partial charge in [-0.25, -0.2) is 14.6 Å². The number of carbonyl (C=O) groups excluding carboxylic acids is 1. The van der Waals surface area contributed by atoms with Crippen molar-refractivity contribution in [1.82, 2.24) is 0 Å². The molecule has 0 aromatic heterocycles. The van der Waals surface area contributed by atoms with E-state index in [1.54, 1.807) is 6.92 Å². The highest BCUT2D eigenvalue weighted by molar-refractivity contribution is 5.74. The second-order valence-electron chi connectivity index (χ2n) is 4.67. The predicted molar refractivity (Wildman–Crippen MR) is 61.9 cm³/mol. The van der Waals surface area contributed by atoms with Crippen LogP contribution in [0.4, 0.5) is 0 Å². The smallest absolute Gasteiger partial charge is 0.338 e. The zero-order chi connectivity index (χ0) is 12.6. The molecule has 0 aliphatic rings. The monoisotopic (exact) mass is 232 g/mol. The summed E-state index contributed by atoms with van der Waals surface area (Å²) in [6.07, 6.45) is 1.94. The van der Waals surface area contributed by atoms with E-state index in [0.717, 1.165) is 12.8 Å². The van der Waals surface area contributed by atoms with Gasteiger partial charge in [0.15, 0.2) is 6.10 Å². The van der Waals surface area contributed by atoms with Crippen molar-refractivity contribution in [3.63, 3.8) is 0 Å². The normalized spacial score (nSPS) is 13.6. The highest BCUT2D eigenvalue weighted by Crippen LogP contribution is 2.13. The first-order chi connectivity index (χ1) is 7.40. The third kappa shape index (κ3) is 7.65. The van der Waals surface area contributed by atoms with E-state index < -0.39 is 11.7 Å². The van der Waals surface area contributed by atoms with Gasteiger partial charge < -0.3 is 4.74 Å². The summed E-state index contributed by atoms with van der Waals surface area (Å²) in [5.74, 6) is -0.347. The van der Waals surface area contributed by atoms with Crippen LogP contribution >= 0.6 is 0 Å². The molecule has 96 valence electrons. The van der Waals surface area contributed by atoms with Gasteiger partial charge in [0.1, 0.15) is 0 Å². The fourth-order valence-electron chi connectivity index (χ4n) is 1.03. The third-order valence-electron chi connectivity index (χ3n) is 1.78. The van der Waals surface area contributed by atoms with Crippen molar-refractivity contribution in [3.8, 4) is 0 Å². The van der Waals surface area contributed by atoms with E-state index in [1.807, 2.05) is 20.8 Å². The molecule has 4 heteroatoms. The van der Waals surface area contributed by atoms with Crippen molar-refractivity contribution in [2.45, 2.75) is 65.6 Å². The zero-order valence-corrected chi connectivity index (χ0v) is 11.0. The van der Waals surface area contributed by atoms with Gasteiger partial charge >= 0.3 is 5.97 Å². The summed E-state index contributed by atoms with van der Waals surface area (Å²) in [5, 5.41) is 0. The zero-order valence-electron chi connectivity index (χ0n) is 11.0. The van der Waals surface area contributed by atoms with Crippen LogP contribution in [-0.4, -0.2) is 24.3 Å². The third-order valence-corrected chi connectivity index (χ3v) is 1.78. The maximum absolute atomic E-state index is 11.5. The maximum atomic E-state index is 11.5. The molecule has 0 bridgehead atoms. The minimum absolute atomic E-state index is 0.347. The van der Waals surface area contributed by atoms with E-state index in [0.29, 0.717) is 13.0 Å². The molecule has 0 radical (unpaired) electrons. The molecule has 0 spiro atoms. The lowest BCUT2D eigenvalue weighted by molar-refractivity contribution is -0.368. The number of hydrogen-bond donors (Lipinski definition) is 0. The first-order valence-corrected chi connectivity index (χ1v) is 5.91. The Morgan fingerprint density at radius 2 is 1.88 bits per heavy atom. The summed E-state index contributed by atoms with van der Waals surface area (Å²) in [6, 6.07) is 0. The topological polar surface area (TPSA) is 44.8 Å². The van der Waals surface area contributed by atoms with E-state index in [1.165, 1.54) is 0 Å². The molecular formula is C12H24O4. The molecule has 0 saturated carbocycles. The Balaban J connectivity index is 4.14. The van der Waals surface area contributed by atoms with Gasteiger partial charge in [0.2, 0.25) is 0 Å². The van der Waals surface area contributed by atoms with Crippen LogP contribution in [0.3, 0.4) is 0 Å². The summed E-state index contributed by atoms with van der Waals surface area (Å²) in [6.45, 7) is 9.81. The number of rotatable bonds is 7. The molecule has 0 fully saturated rings. The molecule has 16 heavy (non-hydrogen) atoms. The fraction of sp³-hybridized carbons (Fsp3) is 0.917. The van der Waals surface area contributed by atoms with Crippen molar-refractivity contribution >= 4 is 5.97 Å². The lowest BCUT2D eigenvalue weighted by Crippen LogP contribution is -2.31. The van der Waals surface area contributed by atoms with Crippen LogP contribution in [0, 0.1) is 0 Å². The molecule has 0 aromatic rings. The molecule has 1 unspecified atom stereocenters. The molecule has 0 heterocycles. The molecule has 0 aliphatic heterocycles. The SMILES string of the molecule is CCCCC(OOC(C)(C)C)C(=O)OCC. The number of carbonyl (C=O) groups is 1. The average Bonchev–Trinajstić information content (AvgIpc) is 2.16. The Hall–Kier alpha value is -0.610. The number of unbranched alkanes of at least 4 members (excludes halogenated alkanes) is 1. The van der Waals surface area contributed by atoms with Gasteiger partial charge in [0, 0.05) is 0 Å². The minimum atomic E-state index is -0.612. The Labute approximate surface area is 98.2 Å². The Kier molecular flexibility index (Phi) is 7.34. The van der Waals surface area contributed by atoms with Crippen molar-refractivity contribution in [3.05, 3.63) is 0 Å². The summed E-state index contributed by atoms with van der Waals surface area (Å²) >= 11 is 0. The van der Waals surface area contributed by atoms with E-state index in [2.05, 4.69) is 6.92 Å². The van der Waals surface area contributed by atoms with Crippen LogP contribution in [-0.2, 0) is 19.3 Å². The van der Waals surface area contributed by atoms with Crippen LogP contribution < -0.4 is 0 Å². The molecule has 0 N–H and O–H groups in total. The predicted octanol–water partition coefficient (Wildman–Crippen LogP) is 2.86. The van der Waals surface area contributed by atoms with Crippen LogP contribution in [0.1, 0.15) is 53.9 Å². The Morgan fingerprint density at radius 3 is 2.31 bits per heavy atom. The van der Waals surface area contributed by atoms with Crippen LogP contribution in [0.5, 0.6) is 0 Å². The lowest BCUT2D eigenvalue weighted by Gasteiger charge is -2.22. The summed E-state index contributed by atoms with van der Waals surface area (Å²) in [5.41, 5.74) is -0.420.